The molecule has 0 aliphatic carbocycles. The average Bonchev–Trinajstić information content (AvgIpc) is 3.35. The standard InChI is InChI=1S/C25H26N6O2/c1-4-7-21-15(2)23(22(25(32)33)16(3)27-21)26-14-17-10-12-18(13-11-17)19-8-5-6-9-20(19)24-28-30-31-29-24/h5-6,8-13H,4,7,14H2,1-3H3,(H,26,27)(H,32,33)(H,28,29,30,31). The highest BCUT2D eigenvalue weighted by atomic mass is 16.4. The lowest BCUT2D eigenvalue weighted by atomic mass is 9.98. The molecule has 8 heteroatoms. The van der Waals surface area contributed by atoms with Gasteiger partial charge in [-0.2, -0.15) is 5.21 Å². The molecule has 0 fully saturated rings. The number of carboxylic acid groups (broad SMARTS) is 1. The van der Waals surface area contributed by atoms with E-state index in [1.807, 2.05) is 55.5 Å². The quantitative estimate of drug-likeness (QED) is 0.358. The second kappa shape index (κ2) is 9.60. The molecule has 0 aliphatic heterocycles. The van der Waals surface area contributed by atoms with Crippen molar-refractivity contribution in [2.45, 2.75) is 40.2 Å². The van der Waals surface area contributed by atoms with Crippen molar-refractivity contribution < 1.29 is 9.90 Å². The Morgan fingerprint density at radius 2 is 1.79 bits per heavy atom. The predicted octanol–water partition coefficient (Wildman–Crippen LogP) is 4.81. The Morgan fingerprint density at radius 1 is 1.06 bits per heavy atom. The number of benzene rings is 2. The summed E-state index contributed by atoms with van der Waals surface area (Å²) in [5.74, 6) is -0.425. The molecule has 0 bridgehead atoms. The lowest BCUT2D eigenvalue weighted by Gasteiger charge is -2.18. The van der Waals surface area contributed by atoms with Crippen LogP contribution in [0.4, 0.5) is 5.69 Å². The van der Waals surface area contributed by atoms with E-state index in [0.29, 0.717) is 23.8 Å². The number of H-pyrrole nitrogens is 1. The van der Waals surface area contributed by atoms with E-state index >= 15 is 0 Å². The van der Waals surface area contributed by atoms with Crippen LogP contribution in [0.25, 0.3) is 22.5 Å². The van der Waals surface area contributed by atoms with Crippen molar-refractivity contribution in [2.24, 2.45) is 0 Å². The number of carboxylic acids is 1. The van der Waals surface area contributed by atoms with Gasteiger partial charge in [-0.15, -0.1) is 10.2 Å². The first-order chi connectivity index (χ1) is 16.0. The number of hydrogen-bond donors (Lipinski definition) is 3. The first-order valence-electron chi connectivity index (χ1n) is 10.9. The minimum Gasteiger partial charge on any atom is -0.478 e. The van der Waals surface area contributed by atoms with E-state index in [1.54, 1.807) is 6.92 Å². The van der Waals surface area contributed by atoms with Crippen LogP contribution in [0.2, 0.25) is 0 Å². The molecule has 0 saturated heterocycles. The van der Waals surface area contributed by atoms with Crippen molar-refractivity contribution in [1.82, 2.24) is 25.6 Å². The normalized spacial score (nSPS) is 10.9. The molecule has 3 N–H and O–H groups in total. The summed E-state index contributed by atoms with van der Waals surface area (Å²) in [7, 11) is 0. The van der Waals surface area contributed by atoms with Gasteiger partial charge in [-0.3, -0.25) is 4.98 Å². The molecule has 0 saturated carbocycles. The number of aryl methyl sites for hydroxylation is 2. The molecule has 8 nitrogen and oxygen atoms in total. The van der Waals surface area contributed by atoms with Gasteiger partial charge in [0.25, 0.3) is 0 Å². The van der Waals surface area contributed by atoms with E-state index < -0.39 is 5.97 Å². The number of tetrazole rings is 1. The van der Waals surface area contributed by atoms with E-state index in [2.05, 4.69) is 37.8 Å². The Kier molecular flexibility index (Phi) is 6.44. The lowest BCUT2D eigenvalue weighted by Crippen LogP contribution is -2.13. The highest BCUT2D eigenvalue weighted by Gasteiger charge is 2.20. The highest BCUT2D eigenvalue weighted by Crippen LogP contribution is 2.30. The highest BCUT2D eigenvalue weighted by molar-refractivity contribution is 5.96. The van der Waals surface area contributed by atoms with Crippen LogP contribution in [0.1, 0.15) is 46.2 Å². The van der Waals surface area contributed by atoms with Crippen LogP contribution in [-0.2, 0) is 13.0 Å². The van der Waals surface area contributed by atoms with E-state index in [4.69, 9.17) is 0 Å². The molecule has 0 unspecified atom stereocenters. The van der Waals surface area contributed by atoms with Crippen molar-refractivity contribution >= 4 is 11.7 Å². The summed E-state index contributed by atoms with van der Waals surface area (Å²) in [6.07, 6.45) is 1.77. The minimum absolute atomic E-state index is 0.234. The van der Waals surface area contributed by atoms with E-state index in [1.165, 1.54) is 0 Å². The number of nitrogens with one attached hydrogen (secondary N) is 2. The average molecular weight is 443 g/mol. The van der Waals surface area contributed by atoms with Gasteiger partial charge in [0.15, 0.2) is 0 Å². The maximum atomic E-state index is 11.9. The Morgan fingerprint density at radius 3 is 2.42 bits per heavy atom. The van der Waals surface area contributed by atoms with E-state index in [-0.39, 0.29) is 5.56 Å². The number of aromatic carboxylic acids is 1. The SMILES string of the molecule is CCCc1nc(C)c(C(=O)O)c(NCc2ccc(-c3ccccc3-c3nn[nH]n3)cc2)c1C. The molecule has 33 heavy (non-hydrogen) atoms. The number of hydrogen-bond acceptors (Lipinski definition) is 6. The number of aromatic nitrogens is 5. The summed E-state index contributed by atoms with van der Waals surface area (Å²) < 4.78 is 0. The summed E-state index contributed by atoms with van der Waals surface area (Å²) in [6, 6.07) is 16.1. The molecule has 2 heterocycles. The maximum Gasteiger partial charge on any atom is 0.339 e. The van der Waals surface area contributed by atoms with Crippen molar-refractivity contribution in [1.29, 1.82) is 0 Å². The van der Waals surface area contributed by atoms with Gasteiger partial charge in [-0.25, -0.2) is 4.79 Å². The summed E-state index contributed by atoms with van der Waals surface area (Å²) in [5.41, 5.74) is 7.23. The van der Waals surface area contributed by atoms with Crippen LogP contribution in [0.15, 0.2) is 48.5 Å². The van der Waals surface area contributed by atoms with Crippen LogP contribution in [0.3, 0.4) is 0 Å². The molecule has 0 aliphatic rings. The van der Waals surface area contributed by atoms with Crippen LogP contribution < -0.4 is 5.32 Å². The third-order valence-corrected chi connectivity index (χ3v) is 5.67. The molecule has 0 spiro atoms. The smallest absolute Gasteiger partial charge is 0.339 e. The first kappa shape index (κ1) is 22.1. The van der Waals surface area contributed by atoms with Gasteiger partial charge in [-0.05, 0) is 47.7 Å². The predicted molar refractivity (Wildman–Crippen MR) is 127 cm³/mol. The third-order valence-electron chi connectivity index (χ3n) is 5.67. The number of carbonyl (C=O) groups is 1. The molecule has 4 aromatic rings. The van der Waals surface area contributed by atoms with Crippen molar-refractivity contribution in [3.05, 3.63) is 76.6 Å². The monoisotopic (exact) mass is 442 g/mol. The van der Waals surface area contributed by atoms with Gasteiger partial charge < -0.3 is 10.4 Å². The van der Waals surface area contributed by atoms with E-state index in [0.717, 1.165) is 46.4 Å². The molecule has 2 aromatic heterocycles. The maximum absolute atomic E-state index is 11.9. The Bertz CT molecular complexity index is 1270. The van der Waals surface area contributed by atoms with Gasteiger partial charge in [0, 0.05) is 17.8 Å². The summed E-state index contributed by atoms with van der Waals surface area (Å²) in [5, 5.41) is 27.5. The van der Waals surface area contributed by atoms with Gasteiger partial charge in [0.05, 0.1) is 11.4 Å². The largest absolute Gasteiger partial charge is 0.478 e. The van der Waals surface area contributed by atoms with Crippen molar-refractivity contribution in [3.63, 3.8) is 0 Å². The minimum atomic E-state index is -0.970. The van der Waals surface area contributed by atoms with E-state index in [9.17, 15) is 9.90 Å². The zero-order valence-corrected chi connectivity index (χ0v) is 18.9. The fraction of sp³-hybridized carbons (Fsp3) is 0.240. The molecule has 4 rings (SSSR count). The van der Waals surface area contributed by atoms with Crippen LogP contribution in [-0.4, -0.2) is 36.7 Å². The third kappa shape index (κ3) is 4.59. The zero-order valence-electron chi connectivity index (χ0n) is 18.9. The van der Waals surface area contributed by atoms with Gasteiger partial charge >= 0.3 is 5.97 Å². The summed E-state index contributed by atoms with van der Waals surface area (Å²) >= 11 is 0. The first-order valence-corrected chi connectivity index (χ1v) is 10.9. The number of nitrogens with zero attached hydrogens (tertiary/aromatic N) is 4. The fourth-order valence-electron chi connectivity index (χ4n) is 4.02. The second-order valence-electron chi connectivity index (χ2n) is 7.91. The van der Waals surface area contributed by atoms with Crippen LogP contribution in [0, 0.1) is 13.8 Å². The number of aromatic amines is 1. The van der Waals surface area contributed by atoms with Crippen LogP contribution >= 0.6 is 0 Å². The molecular formula is C25H26N6O2. The molecule has 0 radical (unpaired) electrons. The second-order valence-corrected chi connectivity index (χ2v) is 7.91. The fourth-order valence-corrected chi connectivity index (χ4v) is 4.02. The van der Waals surface area contributed by atoms with Crippen molar-refractivity contribution in [3.8, 4) is 22.5 Å². The Labute approximate surface area is 192 Å². The van der Waals surface area contributed by atoms with Gasteiger partial charge in [0.2, 0.25) is 5.82 Å². The Balaban J connectivity index is 1.59. The van der Waals surface area contributed by atoms with Crippen molar-refractivity contribution in [2.75, 3.05) is 5.32 Å². The Hall–Kier alpha value is -4.07. The zero-order chi connectivity index (χ0) is 23.4. The molecule has 0 amide bonds. The topological polar surface area (TPSA) is 117 Å². The van der Waals surface area contributed by atoms with Gasteiger partial charge in [0.1, 0.15) is 5.56 Å². The summed E-state index contributed by atoms with van der Waals surface area (Å²) in [4.78, 5) is 16.4. The number of pyridine rings is 1. The molecule has 0 atom stereocenters. The number of rotatable bonds is 8. The van der Waals surface area contributed by atoms with Crippen LogP contribution in [0.5, 0.6) is 0 Å². The lowest BCUT2D eigenvalue weighted by molar-refractivity contribution is 0.0696. The van der Waals surface area contributed by atoms with Gasteiger partial charge in [-0.1, -0.05) is 61.9 Å². The molecule has 2 aromatic carbocycles. The number of anilines is 1. The summed E-state index contributed by atoms with van der Waals surface area (Å²) in [6.45, 7) is 6.28. The molecule has 168 valence electrons. The molecular weight excluding hydrogens is 416 g/mol.